The van der Waals surface area contributed by atoms with Crippen LogP contribution in [-0.4, -0.2) is 19.6 Å². The molecule has 6 aromatic carbocycles. The van der Waals surface area contributed by atoms with Crippen LogP contribution >= 0.6 is 0 Å². The maximum absolute atomic E-state index is 13.0. The number of para-hydroxylation sites is 1. The van der Waals surface area contributed by atoms with Crippen LogP contribution in [0.4, 0.5) is 0 Å². The Morgan fingerprint density at radius 1 is 0.567 bits per heavy atom. The van der Waals surface area contributed by atoms with E-state index in [1.54, 1.807) is 60.7 Å². The van der Waals surface area contributed by atoms with Gasteiger partial charge in [-0.05, 0) is 112 Å². The van der Waals surface area contributed by atoms with Crippen LogP contribution in [0.5, 0.6) is 5.75 Å². The van der Waals surface area contributed by atoms with Crippen LogP contribution in [0.25, 0.3) is 72.7 Å². The van der Waals surface area contributed by atoms with Crippen molar-refractivity contribution >= 4 is 11.0 Å². The number of imidazole rings is 1. The number of pyridine rings is 1. The van der Waals surface area contributed by atoms with Gasteiger partial charge in [0, 0.05) is 61.3 Å². The van der Waals surface area contributed by atoms with Gasteiger partial charge in [0.05, 0.1) is 33.5 Å². The van der Waals surface area contributed by atoms with Gasteiger partial charge in [0.25, 0.3) is 0 Å². The van der Waals surface area contributed by atoms with Gasteiger partial charge in [0.15, 0.2) is 0 Å². The Hall–Kier alpha value is -6.26. The number of phenols is 1. The normalized spacial score (nSPS) is 20.9. The molecule has 4 heteroatoms. The number of rotatable bonds is 6. The largest absolute Gasteiger partial charge is 0.507 e. The molecule has 0 amide bonds. The number of hydrogen-bond donors (Lipinski definition) is 1. The highest BCUT2D eigenvalue weighted by atomic mass is 16.3. The lowest BCUT2D eigenvalue weighted by molar-refractivity contribution is 0.446. The Morgan fingerprint density at radius 2 is 1.30 bits per heavy atom. The third-order valence-electron chi connectivity index (χ3n) is 10.3. The lowest BCUT2D eigenvalue weighted by Crippen LogP contribution is -2.17. The van der Waals surface area contributed by atoms with Gasteiger partial charge in [-0.2, -0.15) is 0 Å². The Morgan fingerprint density at radius 3 is 2.02 bits per heavy atom. The zero-order valence-electron chi connectivity index (χ0n) is 60.8. The minimum Gasteiger partial charge on any atom is -0.507 e. The number of aryl methyl sites for hydroxylation is 1. The van der Waals surface area contributed by atoms with Gasteiger partial charge < -0.3 is 5.11 Å². The molecule has 0 atom stereocenters. The number of aromatic nitrogens is 3. The van der Waals surface area contributed by atoms with E-state index in [9.17, 15) is 5.11 Å². The lowest BCUT2D eigenvalue weighted by atomic mass is 9.79. The van der Waals surface area contributed by atoms with E-state index in [0.29, 0.717) is 28.3 Å². The molecular weight excluding hydrogens is 731 g/mol. The van der Waals surface area contributed by atoms with Crippen molar-refractivity contribution in [2.75, 3.05) is 0 Å². The molecule has 0 fully saturated rings. The first-order valence-electron chi connectivity index (χ1n) is 32.8. The number of phenolic OH excluding ortho intramolecular Hbond substituents is 1. The fourth-order valence-electron chi connectivity index (χ4n) is 7.21. The van der Waals surface area contributed by atoms with E-state index in [2.05, 4.69) is 4.98 Å². The van der Waals surface area contributed by atoms with Crippen LogP contribution in [0.2, 0.25) is 0 Å². The number of nitrogens with zero attached hydrogens (tertiary/aromatic N) is 3. The van der Waals surface area contributed by atoms with Crippen LogP contribution in [0.15, 0.2) is 140 Å². The fraction of sp³-hybridized carbons (Fsp3) is 0.250. The summed E-state index contributed by atoms with van der Waals surface area (Å²) in [4.78, 5) is 9.66. The summed E-state index contributed by atoms with van der Waals surface area (Å²) < 4.78 is 243. The molecule has 0 saturated carbocycles. The third-order valence-corrected chi connectivity index (χ3v) is 10.3. The van der Waals surface area contributed by atoms with Crippen molar-refractivity contribution in [3.05, 3.63) is 167 Å². The first-order chi connectivity index (χ1) is 40.0. The zero-order chi connectivity index (χ0) is 66.2. The molecule has 0 radical (unpaired) electrons. The highest BCUT2D eigenvalue weighted by molar-refractivity contribution is 5.98. The summed E-state index contributed by atoms with van der Waals surface area (Å²) >= 11 is 0. The van der Waals surface area contributed by atoms with E-state index < -0.39 is 129 Å². The molecular formula is C56H57N3O. The molecule has 0 unspecified atom stereocenters. The Bertz CT molecular complexity index is 3920. The second-order valence-corrected chi connectivity index (χ2v) is 15.7. The minimum absolute atomic E-state index is 0.00565. The first kappa shape index (κ1) is 19.0. The van der Waals surface area contributed by atoms with Crippen molar-refractivity contribution in [2.45, 2.75) is 91.8 Å². The van der Waals surface area contributed by atoms with E-state index in [4.69, 9.17) is 43.4 Å². The van der Waals surface area contributed by atoms with E-state index >= 15 is 0 Å². The molecule has 4 nitrogen and oxygen atoms in total. The summed E-state index contributed by atoms with van der Waals surface area (Å²) in [5.41, 5.74) is -11.8. The van der Waals surface area contributed by atoms with Crippen molar-refractivity contribution in [1.29, 1.82) is 0 Å². The summed E-state index contributed by atoms with van der Waals surface area (Å²) in [6.45, 7) is -25.3. The van der Waals surface area contributed by atoms with Crippen LogP contribution < -0.4 is 0 Å². The highest BCUT2D eigenvalue weighted by Gasteiger charge is 2.29. The van der Waals surface area contributed by atoms with Crippen molar-refractivity contribution in [3.8, 4) is 67.5 Å². The van der Waals surface area contributed by atoms with Crippen LogP contribution in [-0.2, 0) is 16.2 Å². The molecule has 0 saturated heterocycles. The van der Waals surface area contributed by atoms with Gasteiger partial charge in [-0.15, -0.1) is 0 Å². The van der Waals surface area contributed by atoms with Crippen LogP contribution in [0.3, 0.4) is 0 Å². The average molecular weight is 816 g/mol. The van der Waals surface area contributed by atoms with Crippen LogP contribution in [0.1, 0.15) is 128 Å². The maximum Gasteiger partial charge on any atom is 0.149 e. The standard InChI is InChI=1S/C56H57N3O/c1-35-20-23-37(24-21-35)39-26-27-57-48(32-39)41-29-40(30-42(31-41)54(3,4)5)44-18-15-19-50-51(44)58-53(46-33-43(55(6,7)8)34-47(52(46)60)56(9,10)11)59(50)49-25-22-36(2)28-45(49)38-16-13-12-14-17-38/h12-34,60H,1-11H3/i1D3,2D3,6D3,7D3,8D3,9D3,10D3,11D3,20D,21D,23D,24D. The number of fused-ring (bicyclic) bond motifs is 1. The molecule has 8 aromatic rings. The van der Waals surface area contributed by atoms with Crippen molar-refractivity contribution in [3.63, 3.8) is 0 Å². The molecule has 0 aliphatic carbocycles. The van der Waals surface area contributed by atoms with Crippen molar-refractivity contribution in [2.24, 2.45) is 0 Å². The molecule has 8 rings (SSSR count). The number of hydrogen-bond acceptors (Lipinski definition) is 3. The smallest absolute Gasteiger partial charge is 0.149 e. The summed E-state index contributed by atoms with van der Waals surface area (Å²) in [5.74, 6) is -2.15. The summed E-state index contributed by atoms with van der Waals surface area (Å²) in [5, 5.41) is 13.0. The number of benzene rings is 6. The van der Waals surface area contributed by atoms with Gasteiger partial charge in [0.2, 0.25) is 0 Å². The lowest BCUT2D eigenvalue weighted by Gasteiger charge is -2.27. The molecule has 60 heavy (non-hydrogen) atoms. The fourth-order valence-corrected chi connectivity index (χ4v) is 7.21. The molecule has 2 aromatic heterocycles. The third kappa shape index (κ3) is 7.79. The SMILES string of the molecule is [2H]c1c([2H])c(C([2H])([2H])[2H])c([2H])c([2H])c1-c1ccnc(-c2cc(-c3cccc4c3nc(-c3cc(C(C([2H])([2H])[2H])(C([2H])([2H])[2H])C([2H])([2H])[2H])cc(C(C([2H])([2H])[2H])(C([2H])([2H])[2H])C([2H])([2H])[2H])c3O)n4-c3ccc(C([2H])([2H])[2H])cc3-c3ccccc3)cc(C(C)(C)C)c2)c1. The quantitative estimate of drug-likeness (QED) is 0.182. The van der Waals surface area contributed by atoms with Gasteiger partial charge in [-0.3, -0.25) is 9.55 Å². The van der Waals surface area contributed by atoms with Crippen molar-refractivity contribution < 1.29 is 43.5 Å². The predicted octanol–water partition coefficient (Wildman–Crippen LogP) is 15.0. The van der Waals surface area contributed by atoms with Crippen LogP contribution in [0, 0.1) is 13.7 Å². The van der Waals surface area contributed by atoms with E-state index in [-0.39, 0.29) is 56.3 Å². The molecule has 0 bridgehead atoms. The molecule has 0 spiro atoms. The summed E-state index contributed by atoms with van der Waals surface area (Å²) in [6, 6.07) is 22.8. The molecule has 302 valence electrons. The number of aromatic hydroxyl groups is 1. The average Bonchev–Trinajstić information content (AvgIpc) is 0.793. The highest BCUT2D eigenvalue weighted by Crippen LogP contribution is 2.46. The Kier molecular flexibility index (Phi) is 4.77. The maximum atomic E-state index is 13.0. The predicted molar refractivity (Wildman–Crippen MR) is 253 cm³/mol. The minimum atomic E-state index is -4.27. The Labute approximate surface area is 396 Å². The summed E-state index contributed by atoms with van der Waals surface area (Å²) in [7, 11) is 0. The molecule has 0 aliphatic rings. The zero-order valence-corrected chi connectivity index (χ0v) is 32.8. The first-order valence-corrected chi connectivity index (χ1v) is 18.8. The van der Waals surface area contributed by atoms with E-state index in [1.165, 1.54) is 47.2 Å². The van der Waals surface area contributed by atoms with Crippen molar-refractivity contribution in [1.82, 2.24) is 14.5 Å². The second kappa shape index (κ2) is 15.1. The molecule has 0 aliphatic heterocycles. The second-order valence-electron chi connectivity index (χ2n) is 15.7. The van der Waals surface area contributed by atoms with Gasteiger partial charge >= 0.3 is 0 Å². The molecule has 1 N–H and O–H groups in total. The van der Waals surface area contributed by atoms with Gasteiger partial charge in [-0.25, -0.2) is 4.98 Å². The van der Waals surface area contributed by atoms with E-state index in [0.717, 1.165) is 0 Å². The van der Waals surface area contributed by atoms with Gasteiger partial charge in [-0.1, -0.05) is 158 Å². The summed E-state index contributed by atoms with van der Waals surface area (Å²) in [6.07, 6.45) is 1.35. The topological polar surface area (TPSA) is 50.9 Å². The molecule has 2 heterocycles. The van der Waals surface area contributed by atoms with E-state index in [1.807, 2.05) is 20.8 Å². The van der Waals surface area contributed by atoms with Gasteiger partial charge in [0.1, 0.15) is 11.6 Å². The Balaban J connectivity index is 1.60. The monoisotopic (exact) mass is 816 g/mol.